The van der Waals surface area contributed by atoms with Crippen LogP contribution in [0.4, 0.5) is 5.82 Å². The lowest BCUT2D eigenvalue weighted by Gasteiger charge is -2.35. The third-order valence-corrected chi connectivity index (χ3v) is 4.53. The van der Waals surface area contributed by atoms with E-state index in [9.17, 15) is 9.59 Å². The van der Waals surface area contributed by atoms with Crippen LogP contribution in [-0.4, -0.2) is 47.9 Å². The van der Waals surface area contributed by atoms with E-state index in [1.807, 2.05) is 4.90 Å². The van der Waals surface area contributed by atoms with Crippen LogP contribution in [-0.2, 0) is 0 Å². The molecular weight excluding hydrogens is 363 g/mol. The van der Waals surface area contributed by atoms with Gasteiger partial charge in [0.25, 0.3) is 11.8 Å². The number of halogens is 2. The highest BCUT2D eigenvalue weighted by Gasteiger charge is 2.24. The van der Waals surface area contributed by atoms with Crippen LogP contribution in [0.25, 0.3) is 0 Å². The minimum atomic E-state index is -0.619. The normalized spacial score (nSPS) is 14.5. The molecule has 129 valence electrons. The Labute approximate surface area is 155 Å². The number of benzene rings is 1. The molecule has 1 aliphatic heterocycles. The van der Waals surface area contributed by atoms with Gasteiger partial charge in [0.2, 0.25) is 0 Å². The monoisotopic (exact) mass is 377 g/mol. The first-order chi connectivity index (χ1) is 12.0. The first-order valence-electron chi connectivity index (χ1n) is 7.63. The van der Waals surface area contributed by atoms with Crippen molar-refractivity contribution in [2.75, 3.05) is 31.1 Å². The minimum absolute atomic E-state index is 0.0988. The Morgan fingerprint density at radius 1 is 1.12 bits per heavy atom. The Balaban J connectivity index is 1.69. The summed E-state index contributed by atoms with van der Waals surface area (Å²) in [5.74, 6) is -0.133. The Kier molecular flexibility index (Phi) is 5.11. The number of piperazine rings is 1. The third kappa shape index (κ3) is 3.86. The number of carbonyl (C=O) groups is 2. The van der Waals surface area contributed by atoms with Crippen molar-refractivity contribution in [3.8, 4) is 0 Å². The van der Waals surface area contributed by atoms with Crippen LogP contribution in [0.15, 0.2) is 30.3 Å². The average Bonchev–Trinajstić information content (AvgIpc) is 2.63. The molecule has 25 heavy (non-hydrogen) atoms. The number of carbonyl (C=O) groups excluding carboxylic acids is 2. The van der Waals surface area contributed by atoms with E-state index in [0.717, 1.165) is 0 Å². The van der Waals surface area contributed by atoms with Gasteiger partial charge in [-0.2, -0.15) is 0 Å². The number of nitrogens with two attached hydrogens (primary N) is 1. The molecule has 1 aromatic carbocycles. The van der Waals surface area contributed by atoms with E-state index >= 15 is 0 Å². The number of anilines is 1. The highest BCUT2D eigenvalue weighted by atomic mass is 35.5. The molecule has 1 fully saturated rings. The maximum atomic E-state index is 12.6. The molecule has 0 spiro atoms. The predicted molar refractivity (Wildman–Crippen MR) is 96.2 cm³/mol. The SMILES string of the molecule is NC(=O)c1[c]ccc(N2CCN(C(=O)c3cc(Cl)ccc3Cl)CC2)n1. The number of hydrogen-bond acceptors (Lipinski definition) is 4. The van der Waals surface area contributed by atoms with Gasteiger partial charge in [-0.05, 0) is 30.3 Å². The van der Waals surface area contributed by atoms with Crippen LogP contribution in [0.3, 0.4) is 0 Å². The van der Waals surface area contributed by atoms with Crippen molar-refractivity contribution in [3.05, 3.63) is 57.7 Å². The molecule has 6 nitrogen and oxygen atoms in total. The highest BCUT2D eigenvalue weighted by molar-refractivity contribution is 6.35. The Bertz CT molecular complexity index is 820. The number of hydrogen-bond donors (Lipinski definition) is 1. The summed E-state index contributed by atoms with van der Waals surface area (Å²) < 4.78 is 0. The van der Waals surface area contributed by atoms with Crippen LogP contribution in [0.1, 0.15) is 20.8 Å². The summed E-state index contributed by atoms with van der Waals surface area (Å²) in [4.78, 5) is 31.8. The largest absolute Gasteiger partial charge is 0.364 e. The summed E-state index contributed by atoms with van der Waals surface area (Å²) in [6.45, 7) is 2.18. The number of amides is 2. The van der Waals surface area contributed by atoms with Crippen LogP contribution in [0, 0.1) is 6.07 Å². The topological polar surface area (TPSA) is 79.5 Å². The maximum Gasteiger partial charge on any atom is 0.268 e. The molecule has 0 bridgehead atoms. The number of pyridine rings is 1. The van der Waals surface area contributed by atoms with Crippen LogP contribution in [0.2, 0.25) is 10.0 Å². The Morgan fingerprint density at radius 3 is 2.52 bits per heavy atom. The fourth-order valence-electron chi connectivity index (χ4n) is 2.65. The van der Waals surface area contributed by atoms with Crippen LogP contribution < -0.4 is 10.6 Å². The number of rotatable bonds is 3. The van der Waals surface area contributed by atoms with Gasteiger partial charge in [0, 0.05) is 37.3 Å². The molecule has 1 radical (unpaired) electrons. The summed E-state index contributed by atoms with van der Waals surface area (Å²) in [5, 5.41) is 0.846. The molecule has 3 rings (SSSR count). The van der Waals surface area contributed by atoms with Crippen molar-refractivity contribution >= 4 is 40.8 Å². The van der Waals surface area contributed by atoms with E-state index in [0.29, 0.717) is 47.6 Å². The summed E-state index contributed by atoms with van der Waals surface area (Å²) in [7, 11) is 0. The Hall–Kier alpha value is -2.31. The fraction of sp³-hybridized carbons (Fsp3) is 0.235. The first-order valence-corrected chi connectivity index (χ1v) is 8.39. The predicted octanol–water partition coefficient (Wildman–Crippen LogP) is 2.25. The zero-order valence-electron chi connectivity index (χ0n) is 13.2. The van der Waals surface area contributed by atoms with Gasteiger partial charge in [0.1, 0.15) is 11.5 Å². The average molecular weight is 378 g/mol. The smallest absolute Gasteiger partial charge is 0.268 e. The van der Waals surface area contributed by atoms with Crippen LogP contribution >= 0.6 is 23.2 Å². The summed E-state index contributed by atoms with van der Waals surface area (Å²) in [6, 6.07) is 10.9. The van der Waals surface area contributed by atoms with E-state index in [1.165, 1.54) is 0 Å². The van der Waals surface area contributed by atoms with E-state index in [1.54, 1.807) is 35.2 Å². The van der Waals surface area contributed by atoms with Gasteiger partial charge in [0.05, 0.1) is 10.6 Å². The number of aromatic nitrogens is 1. The molecule has 0 aliphatic carbocycles. The van der Waals surface area contributed by atoms with E-state index < -0.39 is 5.91 Å². The van der Waals surface area contributed by atoms with Crippen LogP contribution in [0.5, 0.6) is 0 Å². The van der Waals surface area contributed by atoms with Gasteiger partial charge in [-0.25, -0.2) is 4.98 Å². The zero-order chi connectivity index (χ0) is 18.0. The molecule has 1 saturated heterocycles. The van der Waals surface area contributed by atoms with Gasteiger partial charge >= 0.3 is 0 Å². The molecule has 2 amide bonds. The van der Waals surface area contributed by atoms with Gasteiger partial charge < -0.3 is 15.5 Å². The Morgan fingerprint density at radius 2 is 1.84 bits per heavy atom. The zero-order valence-corrected chi connectivity index (χ0v) is 14.7. The number of nitrogens with zero attached hydrogens (tertiary/aromatic N) is 3. The lowest BCUT2D eigenvalue weighted by molar-refractivity contribution is 0.0746. The van der Waals surface area contributed by atoms with E-state index in [2.05, 4.69) is 11.1 Å². The molecule has 2 aromatic rings. The standard InChI is InChI=1S/C17H15Cl2N4O2/c18-11-4-5-13(19)12(10-11)17(25)23-8-6-22(7-9-23)15-3-1-2-14(21-15)16(20)24/h1,3-5,10H,6-9H2,(H2,20,24). The second-order valence-electron chi connectivity index (χ2n) is 5.56. The molecular formula is C17H15Cl2N4O2. The highest BCUT2D eigenvalue weighted by Crippen LogP contribution is 2.23. The van der Waals surface area contributed by atoms with Crippen molar-refractivity contribution in [2.45, 2.75) is 0 Å². The third-order valence-electron chi connectivity index (χ3n) is 3.96. The van der Waals surface area contributed by atoms with Gasteiger partial charge in [0.15, 0.2) is 0 Å². The quantitative estimate of drug-likeness (QED) is 0.889. The maximum absolute atomic E-state index is 12.6. The van der Waals surface area contributed by atoms with E-state index in [4.69, 9.17) is 28.9 Å². The van der Waals surface area contributed by atoms with Gasteiger partial charge in [-0.3, -0.25) is 9.59 Å². The molecule has 8 heteroatoms. The van der Waals surface area contributed by atoms with Crippen molar-refractivity contribution in [3.63, 3.8) is 0 Å². The lowest BCUT2D eigenvalue weighted by Crippen LogP contribution is -2.49. The molecule has 0 unspecified atom stereocenters. The van der Waals surface area contributed by atoms with Gasteiger partial charge in [-0.1, -0.05) is 23.2 Å². The second-order valence-corrected chi connectivity index (χ2v) is 6.41. The first kappa shape index (κ1) is 17.5. The van der Waals surface area contributed by atoms with Crippen molar-refractivity contribution in [1.29, 1.82) is 0 Å². The molecule has 2 heterocycles. The summed E-state index contributed by atoms with van der Waals surface area (Å²) in [5.41, 5.74) is 5.73. The molecule has 0 atom stereocenters. The number of primary amides is 1. The van der Waals surface area contributed by atoms with Gasteiger partial charge in [-0.15, -0.1) is 0 Å². The van der Waals surface area contributed by atoms with Crippen molar-refractivity contribution in [2.24, 2.45) is 5.73 Å². The molecule has 0 saturated carbocycles. The minimum Gasteiger partial charge on any atom is -0.364 e. The summed E-state index contributed by atoms with van der Waals surface area (Å²) >= 11 is 12.1. The summed E-state index contributed by atoms with van der Waals surface area (Å²) in [6.07, 6.45) is 0. The second kappa shape index (κ2) is 7.29. The molecule has 1 aromatic heterocycles. The molecule has 2 N–H and O–H groups in total. The fourth-order valence-corrected chi connectivity index (χ4v) is 3.02. The lowest BCUT2D eigenvalue weighted by atomic mass is 10.1. The van der Waals surface area contributed by atoms with E-state index in [-0.39, 0.29) is 11.6 Å². The van der Waals surface area contributed by atoms with Crippen molar-refractivity contribution < 1.29 is 9.59 Å². The molecule has 1 aliphatic rings. The van der Waals surface area contributed by atoms with Crippen molar-refractivity contribution in [1.82, 2.24) is 9.88 Å².